The summed E-state index contributed by atoms with van der Waals surface area (Å²) < 4.78 is 29.0. The normalized spacial score (nSPS) is 17.0. The van der Waals surface area contributed by atoms with Gasteiger partial charge >= 0.3 is 0 Å². The number of aromatic nitrogens is 2. The Hall–Kier alpha value is -2.96. The van der Waals surface area contributed by atoms with Gasteiger partial charge in [0.1, 0.15) is 11.6 Å². The molecule has 0 amide bonds. The number of anilines is 1. The van der Waals surface area contributed by atoms with Crippen LogP contribution >= 0.6 is 0 Å². The molecule has 3 N–H and O–H groups in total. The number of fused-ring (bicyclic) bond motifs is 3. The van der Waals surface area contributed by atoms with Crippen molar-refractivity contribution in [2.45, 2.75) is 6.17 Å². The second kappa shape index (κ2) is 4.52. The maximum atomic E-state index is 14.2. The van der Waals surface area contributed by atoms with Crippen molar-refractivity contribution in [2.75, 3.05) is 5.32 Å². The second-order valence-electron chi connectivity index (χ2n) is 4.97. The predicted octanol–water partition coefficient (Wildman–Crippen LogP) is 2.60. The SMILES string of the molecule is NC1=N[C@H](c2ccc(F)cc2F)n2c(nc3ccccc32)N1. The number of imidazole rings is 1. The van der Waals surface area contributed by atoms with E-state index in [2.05, 4.69) is 15.3 Å². The fourth-order valence-electron chi connectivity index (χ4n) is 2.64. The van der Waals surface area contributed by atoms with Gasteiger partial charge in [0.25, 0.3) is 0 Å². The Labute approximate surface area is 124 Å². The number of guanidine groups is 1. The molecule has 0 bridgehead atoms. The van der Waals surface area contributed by atoms with E-state index in [1.54, 1.807) is 4.57 Å². The standard InChI is InChI=1S/C15H11F2N5/c16-8-5-6-9(10(17)7-8)13-20-14(18)21-15-19-11-3-1-2-4-12(11)22(13)15/h1-7,13H,(H3,18,19,20,21)/t13-/m0/s1. The van der Waals surface area contributed by atoms with Crippen molar-refractivity contribution >= 4 is 22.9 Å². The lowest BCUT2D eigenvalue weighted by atomic mass is 10.1. The number of hydrogen-bond acceptors (Lipinski definition) is 4. The molecule has 0 aliphatic carbocycles. The number of para-hydroxylation sites is 2. The molecule has 2 aromatic carbocycles. The average molecular weight is 299 g/mol. The first-order valence-corrected chi connectivity index (χ1v) is 6.66. The molecular weight excluding hydrogens is 288 g/mol. The Morgan fingerprint density at radius 2 is 1.95 bits per heavy atom. The van der Waals surface area contributed by atoms with E-state index in [0.717, 1.165) is 17.1 Å². The van der Waals surface area contributed by atoms with Crippen molar-refractivity contribution in [1.29, 1.82) is 0 Å². The predicted molar refractivity (Wildman–Crippen MR) is 79.5 cm³/mol. The van der Waals surface area contributed by atoms with Gasteiger partial charge in [-0.2, -0.15) is 0 Å². The topological polar surface area (TPSA) is 68.2 Å². The van der Waals surface area contributed by atoms with Gasteiger partial charge in [0, 0.05) is 11.6 Å². The first kappa shape index (κ1) is 12.8. The molecule has 0 radical (unpaired) electrons. The third kappa shape index (κ3) is 1.82. The number of benzene rings is 2. The lowest BCUT2D eigenvalue weighted by Gasteiger charge is -2.24. The largest absolute Gasteiger partial charge is 0.370 e. The van der Waals surface area contributed by atoms with Gasteiger partial charge in [0.2, 0.25) is 5.95 Å². The molecule has 3 aromatic rings. The van der Waals surface area contributed by atoms with Crippen LogP contribution in [0.1, 0.15) is 11.7 Å². The average Bonchev–Trinajstić information content (AvgIpc) is 2.84. The highest BCUT2D eigenvalue weighted by molar-refractivity contribution is 5.94. The van der Waals surface area contributed by atoms with Crippen LogP contribution in [0.25, 0.3) is 11.0 Å². The highest BCUT2D eigenvalue weighted by Gasteiger charge is 2.27. The van der Waals surface area contributed by atoms with Crippen LogP contribution in [0.5, 0.6) is 0 Å². The lowest BCUT2D eigenvalue weighted by Crippen LogP contribution is -2.31. The van der Waals surface area contributed by atoms with Crippen molar-refractivity contribution < 1.29 is 8.78 Å². The van der Waals surface area contributed by atoms with Gasteiger partial charge in [0.15, 0.2) is 12.1 Å². The first-order valence-electron chi connectivity index (χ1n) is 6.66. The van der Waals surface area contributed by atoms with E-state index in [4.69, 9.17) is 5.73 Å². The van der Waals surface area contributed by atoms with Gasteiger partial charge in [-0.05, 0) is 24.3 Å². The van der Waals surface area contributed by atoms with Crippen molar-refractivity contribution in [3.63, 3.8) is 0 Å². The number of hydrogen-bond donors (Lipinski definition) is 2. The number of nitrogens with one attached hydrogen (secondary N) is 1. The molecule has 0 saturated heterocycles. The van der Waals surface area contributed by atoms with Crippen molar-refractivity contribution in [3.8, 4) is 0 Å². The van der Waals surface area contributed by atoms with Gasteiger partial charge in [-0.25, -0.2) is 18.8 Å². The Bertz CT molecular complexity index is 915. The molecule has 110 valence electrons. The number of rotatable bonds is 1. The molecule has 5 nitrogen and oxygen atoms in total. The van der Waals surface area contributed by atoms with Crippen LogP contribution in [0.15, 0.2) is 47.5 Å². The van der Waals surface area contributed by atoms with E-state index in [-0.39, 0.29) is 11.5 Å². The van der Waals surface area contributed by atoms with E-state index < -0.39 is 17.8 Å². The first-order chi connectivity index (χ1) is 10.6. The van der Waals surface area contributed by atoms with E-state index >= 15 is 0 Å². The monoisotopic (exact) mass is 299 g/mol. The van der Waals surface area contributed by atoms with Gasteiger partial charge in [-0.3, -0.25) is 9.88 Å². The molecule has 0 saturated carbocycles. The van der Waals surface area contributed by atoms with Crippen molar-refractivity contribution in [2.24, 2.45) is 10.7 Å². The van der Waals surface area contributed by atoms with Gasteiger partial charge in [0.05, 0.1) is 11.0 Å². The summed E-state index contributed by atoms with van der Waals surface area (Å²) in [5.74, 6) is -0.700. The van der Waals surface area contributed by atoms with Gasteiger partial charge in [-0.1, -0.05) is 12.1 Å². The number of halogens is 2. The van der Waals surface area contributed by atoms with Crippen LogP contribution < -0.4 is 11.1 Å². The molecule has 1 atom stereocenters. The summed E-state index contributed by atoms with van der Waals surface area (Å²) in [5, 5.41) is 2.86. The molecule has 2 heterocycles. The summed E-state index contributed by atoms with van der Waals surface area (Å²) in [6.07, 6.45) is -0.732. The smallest absolute Gasteiger partial charge is 0.212 e. The van der Waals surface area contributed by atoms with Crippen LogP contribution in [0.4, 0.5) is 14.7 Å². The van der Waals surface area contributed by atoms with E-state index in [1.165, 1.54) is 12.1 Å². The summed E-state index contributed by atoms with van der Waals surface area (Å²) in [6, 6.07) is 10.8. The molecule has 1 aliphatic heterocycles. The minimum atomic E-state index is -0.732. The molecule has 0 unspecified atom stereocenters. The van der Waals surface area contributed by atoms with Crippen LogP contribution in [-0.4, -0.2) is 15.5 Å². The molecule has 22 heavy (non-hydrogen) atoms. The number of nitrogens with two attached hydrogens (primary N) is 1. The van der Waals surface area contributed by atoms with Crippen LogP contribution in [0.2, 0.25) is 0 Å². The molecular formula is C15H11F2N5. The van der Waals surface area contributed by atoms with Gasteiger partial charge < -0.3 is 5.73 Å². The lowest BCUT2D eigenvalue weighted by molar-refractivity contribution is 0.534. The van der Waals surface area contributed by atoms with Crippen LogP contribution in [0.3, 0.4) is 0 Å². The minimum Gasteiger partial charge on any atom is -0.370 e. The molecule has 1 aromatic heterocycles. The van der Waals surface area contributed by atoms with Crippen LogP contribution in [0, 0.1) is 11.6 Å². The van der Waals surface area contributed by atoms with Crippen molar-refractivity contribution in [1.82, 2.24) is 9.55 Å². The van der Waals surface area contributed by atoms with E-state index in [1.807, 2.05) is 24.3 Å². The molecule has 7 heteroatoms. The maximum Gasteiger partial charge on any atom is 0.212 e. The Kier molecular flexibility index (Phi) is 2.62. The second-order valence-corrected chi connectivity index (χ2v) is 4.97. The minimum absolute atomic E-state index is 0.136. The molecule has 0 fully saturated rings. The third-order valence-corrected chi connectivity index (χ3v) is 3.58. The molecule has 0 spiro atoms. The maximum absolute atomic E-state index is 14.2. The zero-order valence-corrected chi connectivity index (χ0v) is 11.3. The summed E-state index contributed by atoms with van der Waals surface area (Å²) in [4.78, 5) is 8.67. The number of nitrogens with zero attached hydrogens (tertiary/aromatic N) is 3. The Morgan fingerprint density at radius 1 is 1.14 bits per heavy atom. The summed E-state index contributed by atoms with van der Waals surface area (Å²) >= 11 is 0. The Morgan fingerprint density at radius 3 is 2.77 bits per heavy atom. The van der Waals surface area contributed by atoms with Crippen LogP contribution in [-0.2, 0) is 0 Å². The van der Waals surface area contributed by atoms with E-state index in [0.29, 0.717) is 5.95 Å². The summed E-state index contributed by atoms with van der Waals surface area (Å²) in [6.45, 7) is 0. The zero-order chi connectivity index (χ0) is 15.3. The zero-order valence-electron chi connectivity index (χ0n) is 11.3. The highest BCUT2D eigenvalue weighted by Crippen LogP contribution is 2.33. The fraction of sp³-hybridized carbons (Fsp3) is 0.0667. The molecule has 4 rings (SSSR count). The molecule has 1 aliphatic rings. The number of aliphatic imine (C=N–C) groups is 1. The van der Waals surface area contributed by atoms with E-state index in [9.17, 15) is 8.78 Å². The quantitative estimate of drug-likeness (QED) is 0.725. The van der Waals surface area contributed by atoms with Gasteiger partial charge in [-0.15, -0.1) is 0 Å². The fourth-order valence-corrected chi connectivity index (χ4v) is 2.64. The van der Waals surface area contributed by atoms with Crippen molar-refractivity contribution in [3.05, 3.63) is 59.7 Å². The summed E-state index contributed by atoms with van der Waals surface area (Å²) in [5.41, 5.74) is 7.53. The third-order valence-electron chi connectivity index (χ3n) is 3.58. The Balaban J connectivity index is 1.98. The summed E-state index contributed by atoms with van der Waals surface area (Å²) in [7, 11) is 0. The highest BCUT2D eigenvalue weighted by atomic mass is 19.1.